The monoisotopic (exact) mass is 271 g/mol. The van der Waals surface area contributed by atoms with Gasteiger partial charge in [-0.2, -0.15) is 4.21 Å². The van der Waals surface area contributed by atoms with Crippen molar-refractivity contribution in [3.05, 3.63) is 35.4 Å². The minimum Gasteiger partial charge on any atom is -0.342 e. The lowest BCUT2D eigenvalue weighted by atomic mass is 10.1. The second-order valence-electron chi connectivity index (χ2n) is 3.99. The zero-order chi connectivity index (χ0) is 13.5. The Kier molecular flexibility index (Phi) is 5.97. The third kappa shape index (κ3) is 4.95. The van der Waals surface area contributed by atoms with Crippen LogP contribution in [0.3, 0.4) is 0 Å². The van der Waals surface area contributed by atoms with Gasteiger partial charge in [0.1, 0.15) is 0 Å². The lowest BCUT2D eigenvalue weighted by Crippen LogP contribution is -2.28. The van der Waals surface area contributed by atoms with Gasteiger partial charge < -0.3 is 4.90 Å². The van der Waals surface area contributed by atoms with Gasteiger partial charge in [0, 0.05) is 19.2 Å². The van der Waals surface area contributed by atoms with Gasteiger partial charge in [-0.15, -0.1) is 0 Å². The molecule has 1 unspecified atom stereocenters. The smallest absolute Gasteiger partial charge is 0.301 e. The van der Waals surface area contributed by atoms with Crippen LogP contribution in [0.2, 0.25) is 0 Å². The number of nitrogens with zero attached hydrogens (tertiary/aromatic N) is 1. The third-order valence-corrected chi connectivity index (χ3v) is 2.84. The van der Waals surface area contributed by atoms with Crippen LogP contribution in [0.4, 0.5) is 0 Å². The third-order valence-electron chi connectivity index (χ3n) is 2.47. The molecule has 0 bridgehead atoms. The Balaban J connectivity index is 2.41. The molecule has 0 aliphatic heterocycles. The number of aryl methyl sites for hydroxylation is 1. The molecule has 0 fully saturated rings. The lowest BCUT2D eigenvalue weighted by Gasteiger charge is -2.16. The van der Waals surface area contributed by atoms with Crippen LogP contribution < -0.4 is 0 Å². The van der Waals surface area contributed by atoms with Gasteiger partial charge in [0.25, 0.3) is 5.91 Å². The molecule has 6 heteroatoms. The van der Waals surface area contributed by atoms with E-state index in [4.69, 9.17) is 4.55 Å². The first kappa shape index (κ1) is 14.8. The van der Waals surface area contributed by atoms with Crippen molar-refractivity contribution in [2.75, 3.05) is 20.2 Å². The van der Waals surface area contributed by atoms with Gasteiger partial charge in [-0.3, -0.25) is 13.5 Å². The molecule has 1 atom stereocenters. The number of rotatable bonds is 6. The summed E-state index contributed by atoms with van der Waals surface area (Å²) in [6, 6.07) is 7.35. The van der Waals surface area contributed by atoms with Crippen molar-refractivity contribution in [3.8, 4) is 0 Å². The largest absolute Gasteiger partial charge is 0.342 e. The van der Waals surface area contributed by atoms with Gasteiger partial charge in [0.15, 0.2) is 0 Å². The Labute approximate surface area is 109 Å². The number of carbonyl (C=O) groups excluding carboxylic acids is 1. The van der Waals surface area contributed by atoms with E-state index < -0.39 is 11.4 Å². The van der Waals surface area contributed by atoms with E-state index in [2.05, 4.69) is 4.18 Å². The zero-order valence-electron chi connectivity index (χ0n) is 10.5. The van der Waals surface area contributed by atoms with Crippen LogP contribution in [-0.4, -0.2) is 39.8 Å². The average Bonchev–Trinajstić information content (AvgIpc) is 2.34. The molecule has 0 aliphatic carbocycles. The van der Waals surface area contributed by atoms with E-state index in [9.17, 15) is 9.00 Å². The van der Waals surface area contributed by atoms with Crippen LogP contribution in [0.5, 0.6) is 0 Å². The Morgan fingerprint density at radius 3 is 2.56 bits per heavy atom. The molecule has 1 aromatic carbocycles. The first-order chi connectivity index (χ1) is 8.50. The van der Waals surface area contributed by atoms with E-state index >= 15 is 0 Å². The van der Waals surface area contributed by atoms with Gasteiger partial charge in [-0.1, -0.05) is 17.7 Å². The van der Waals surface area contributed by atoms with E-state index in [1.165, 1.54) is 0 Å². The molecule has 0 saturated carbocycles. The molecule has 0 heterocycles. The molecule has 0 spiro atoms. The average molecular weight is 271 g/mol. The summed E-state index contributed by atoms with van der Waals surface area (Å²) in [5, 5.41) is 0. The minimum absolute atomic E-state index is 0.0693. The number of hydrogen-bond acceptors (Lipinski definition) is 3. The highest BCUT2D eigenvalue weighted by molar-refractivity contribution is 7.74. The molecule has 1 N–H and O–H groups in total. The lowest BCUT2D eigenvalue weighted by molar-refractivity contribution is 0.0788. The van der Waals surface area contributed by atoms with Gasteiger partial charge >= 0.3 is 11.4 Å². The highest BCUT2D eigenvalue weighted by Crippen LogP contribution is 2.06. The summed E-state index contributed by atoms with van der Waals surface area (Å²) in [5.74, 6) is -0.0693. The maximum absolute atomic E-state index is 12.0. The van der Waals surface area contributed by atoms with Crippen molar-refractivity contribution in [2.24, 2.45) is 0 Å². The van der Waals surface area contributed by atoms with Crippen molar-refractivity contribution >= 4 is 17.3 Å². The fraction of sp³-hybridized carbons (Fsp3) is 0.417. The Hall–Kier alpha value is -1.24. The summed E-state index contributed by atoms with van der Waals surface area (Å²) >= 11 is -2.23. The highest BCUT2D eigenvalue weighted by atomic mass is 32.2. The normalized spacial score (nSPS) is 12.2. The molecule has 1 amide bonds. The van der Waals surface area contributed by atoms with E-state index in [1.54, 1.807) is 24.1 Å². The van der Waals surface area contributed by atoms with Crippen LogP contribution in [0.15, 0.2) is 24.3 Å². The Morgan fingerprint density at radius 1 is 1.39 bits per heavy atom. The summed E-state index contributed by atoms with van der Waals surface area (Å²) in [6.45, 7) is 2.59. The number of benzene rings is 1. The molecule has 18 heavy (non-hydrogen) atoms. The van der Waals surface area contributed by atoms with Crippen LogP contribution in [0.1, 0.15) is 22.3 Å². The molecule has 5 nitrogen and oxygen atoms in total. The topological polar surface area (TPSA) is 66.8 Å². The fourth-order valence-corrected chi connectivity index (χ4v) is 1.71. The summed E-state index contributed by atoms with van der Waals surface area (Å²) in [4.78, 5) is 13.5. The maximum Gasteiger partial charge on any atom is 0.301 e. The Morgan fingerprint density at radius 2 is 2.00 bits per heavy atom. The van der Waals surface area contributed by atoms with Crippen molar-refractivity contribution in [3.63, 3.8) is 0 Å². The van der Waals surface area contributed by atoms with Crippen LogP contribution >= 0.6 is 0 Å². The van der Waals surface area contributed by atoms with Gasteiger partial charge in [0.2, 0.25) is 0 Å². The summed E-state index contributed by atoms with van der Waals surface area (Å²) in [6.07, 6.45) is 0.514. The van der Waals surface area contributed by atoms with Gasteiger partial charge in [-0.25, -0.2) is 0 Å². The molecule has 0 aromatic heterocycles. The van der Waals surface area contributed by atoms with E-state index in [1.807, 2.05) is 19.1 Å². The predicted molar refractivity (Wildman–Crippen MR) is 69.5 cm³/mol. The second kappa shape index (κ2) is 7.25. The SMILES string of the molecule is Cc1ccc(C(=O)N(C)CCCOS(=O)O)cc1. The molecular formula is C12H17NO4S. The first-order valence-electron chi connectivity index (χ1n) is 5.57. The number of amides is 1. The summed E-state index contributed by atoms with van der Waals surface area (Å²) in [5.41, 5.74) is 1.74. The second-order valence-corrected chi connectivity index (χ2v) is 4.66. The highest BCUT2D eigenvalue weighted by Gasteiger charge is 2.10. The molecular weight excluding hydrogens is 254 g/mol. The van der Waals surface area contributed by atoms with Crippen LogP contribution in [-0.2, 0) is 15.5 Å². The summed E-state index contributed by atoms with van der Waals surface area (Å²) < 4.78 is 23.1. The van der Waals surface area contributed by atoms with Crippen molar-refractivity contribution < 1.29 is 17.7 Å². The standard InChI is InChI=1S/C12H17NO4S/c1-10-4-6-11(7-5-10)12(14)13(2)8-3-9-17-18(15)16/h4-7H,3,8-9H2,1-2H3,(H,15,16). The van der Waals surface area contributed by atoms with Gasteiger partial charge in [0.05, 0.1) is 6.61 Å². The number of carbonyl (C=O) groups is 1. The summed E-state index contributed by atoms with van der Waals surface area (Å²) in [7, 11) is 1.69. The van der Waals surface area contributed by atoms with Crippen molar-refractivity contribution in [2.45, 2.75) is 13.3 Å². The maximum atomic E-state index is 12.0. The first-order valence-corrected chi connectivity index (χ1v) is 6.60. The molecule has 1 aromatic rings. The molecule has 0 saturated heterocycles. The van der Waals surface area contributed by atoms with Crippen molar-refractivity contribution in [1.29, 1.82) is 0 Å². The predicted octanol–water partition coefficient (Wildman–Crippen LogP) is 1.61. The molecule has 0 radical (unpaired) electrons. The molecule has 100 valence electrons. The Bertz CT molecular complexity index is 419. The van der Waals surface area contributed by atoms with Crippen molar-refractivity contribution in [1.82, 2.24) is 4.90 Å². The van der Waals surface area contributed by atoms with Crippen LogP contribution in [0, 0.1) is 6.92 Å². The molecule has 0 aliphatic rings. The minimum atomic E-state index is -2.23. The van der Waals surface area contributed by atoms with Crippen LogP contribution in [0.25, 0.3) is 0 Å². The van der Waals surface area contributed by atoms with Gasteiger partial charge in [-0.05, 0) is 25.5 Å². The zero-order valence-corrected chi connectivity index (χ0v) is 11.3. The van der Waals surface area contributed by atoms with E-state index in [-0.39, 0.29) is 12.5 Å². The number of hydrogen-bond donors (Lipinski definition) is 1. The van der Waals surface area contributed by atoms with E-state index in [0.29, 0.717) is 18.5 Å². The fourth-order valence-electron chi connectivity index (χ4n) is 1.45. The molecule has 1 rings (SSSR count). The quantitative estimate of drug-likeness (QED) is 0.630. The van der Waals surface area contributed by atoms with E-state index in [0.717, 1.165) is 5.56 Å².